The van der Waals surface area contributed by atoms with Crippen molar-refractivity contribution in [2.45, 2.75) is 27.3 Å². The average Bonchev–Trinajstić information content (AvgIpc) is 2.81. The number of aryl methyl sites for hydroxylation is 1. The van der Waals surface area contributed by atoms with Crippen LogP contribution in [0.3, 0.4) is 0 Å². The van der Waals surface area contributed by atoms with Gasteiger partial charge in [0.05, 0.1) is 17.4 Å². The lowest BCUT2D eigenvalue weighted by atomic mass is 10.2. The predicted octanol–water partition coefficient (Wildman–Crippen LogP) is 3.46. The molecule has 0 bridgehead atoms. The third-order valence-electron chi connectivity index (χ3n) is 3.30. The summed E-state index contributed by atoms with van der Waals surface area (Å²) in [5.74, 6) is 1.40. The summed E-state index contributed by atoms with van der Waals surface area (Å²) < 4.78 is 2.25. The Morgan fingerprint density at radius 1 is 1.10 bits per heavy atom. The van der Waals surface area contributed by atoms with Crippen LogP contribution in [0.15, 0.2) is 36.9 Å². The molecule has 0 spiro atoms. The molecule has 3 aromatic rings. The average molecular weight is 266 g/mol. The second-order valence-corrected chi connectivity index (χ2v) is 5.51. The van der Waals surface area contributed by atoms with Gasteiger partial charge >= 0.3 is 0 Å². The Morgan fingerprint density at radius 2 is 1.85 bits per heavy atom. The molecule has 0 saturated carbocycles. The number of hydrogen-bond acceptors (Lipinski definition) is 3. The third-order valence-corrected chi connectivity index (χ3v) is 3.30. The van der Waals surface area contributed by atoms with Gasteiger partial charge in [-0.3, -0.25) is 4.98 Å². The molecule has 0 radical (unpaired) electrons. The summed E-state index contributed by atoms with van der Waals surface area (Å²) >= 11 is 0. The molecule has 3 aromatic heterocycles. The van der Waals surface area contributed by atoms with Crippen LogP contribution in [-0.4, -0.2) is 19.5 Å². The van der Waals surface area contributed by atoms with E-state index in [0.717, 1.165) is 23.6 Å². The fourth-order valence-corrected chi connectivity index (χ4v) is 2.32. The van der Waals surface area contributed by atoms with Gasteiger partial charge in [-0.1, -0.05) is 13.8 Å². The van der Waals surface area contributed by atoms with Gasteiger partial charge in [0.2, 0.25) is 0 Å². The smallest absolute Gasteiger partial charge is 0.125 e. The number of fused-ring (bicyclic) bond motifs is 1. The first-order valence-electron chi connectivity index (χ1n) is 6.87. The van der Waals surface area contributed by atoms with Gasteiger partial charge in [-0.05, 0) is 25.0 Å². The Hall–Kier alpha value is -2.23. The van der Waals surface area contributed by atoms with Crippen molar-refractivity contribution in [3.8, 4) is 11.3 Å². The first kappa shape index (κ1) is 12.8. The predicted molar refractivity (Wildman–Crippen MR) is 80.3 cm³/mol. The summed E-state index contributed by atoms with van der Waals surface area (Å²) in [6, 6.07) is 4.23. The van der Waals surface area contributed by atoms with Gasteiger partial charge in [0, 0.05) is 36.1 Å². The topological polar surface area (TPSA) is 43.6 Å². The Bertz CT molecular complexity index is 726. The summed E-state index contributed by atoms with van der Waals surface area (Å²) in [4.78, 5) is 13.0. The van der Waals surface area contributed by atoms with E-state index in [-0.39, 0.29) is 0 Å². The van der Waals surface area contributed by atoms with Crippen LogP contribution in [0.5, 0.6) is 0 Å². The number of aromatic nitrogens is 4. The molecule has 0 aliphatic heterocycles. The highest BCUT2D eigenvalue weighted by atomic mass is 15.0. The van der Waals surface area contributed by atoms with Crippen molar-refractivity contribution in [2.75, 3.05) is 0 Å². The first-order chi connectivity index (χ1) is 9.63. The zero-order chi connectivity index (χ0) is 14.1. The molecule has 0 saturated heterocycles. The maximum Gasteiger partial charge on any atom is 0.125 e. The molecule has 0 unspecified atom stereocenters. The van der Waals surface area contributed by atoms with Gasteiger partial charge in [0.25, 0.3) is 0 Å². The van der Waals surface area contributed by atoms with E-state index in [0.29, 0.717) is 5.92 Å². The summed E-state index contributed by atoms with van der Waals surface area (Å²) in [6.07, 6.45) is 7.71. The molecular formula is C16H18N4. The van der Waals surface area contributed by atoms with E-state index in [1.807, 2.05) is 25.5 Å². The van der Waals surface area contributed by atoms with E-state index in [1.54, 1.807) is 0 Å². The van der Waals surface area contributed by atoms with Crippen LogP contribution < -0.4 is 0 Å². The maximum absolute atomic E-state index is 4.55. The Morgan fingerprint density at radius 3 is 2.55 bits per heavy atom. The lowest BCUT2D eigenvalue weighted by Gasteiger charge is -2.08. The van der Waals surface area contributed by atoms with E-state index in [4.69, 9.17) is 0 Å². The molecular weight excluding hydrogens is 248 g/mol. The molecule has 0 aliphatic rings. The van der Waals surface area contributed by atoms with Crippen molar-refractivity contribution in [2.24, 2.45) is 5.92 Å². The molecule has 4 nitrogen and oxygen atoms in total. The van der Waals surface area contributed by atoms with Gasteiger partial charge in [0.15, 0.2) is 0 Å². The number of pyridine rings is 1. The van der Waals surface area contributed by atoms with Crippen molar-refractivity contribution in [1.82, 2.24) is 19.5 Å². The maximum atomic E-state index is 4.55. The largest absolute Gasteiger partial charge is 0.346 e. The molecule has 0 amide bonds. The Kier molecular flexibility index (Phi) is 3.22. The quantitative estimate of drug-likeness (QED) is 0.729. The summed E-state index contributed by atoms with van der Waals surface area (Å²) in [5, 5.41) is 1.20. The van der Waals surface area contributed by atoms with Gasteiger partial charge in [0.1, 0.15) is 5.82 Å². The van der Waals surface area contributed by atoms with Crippen molar-refractivity contribution >= 4 is 10.9 Å². The standard InChI is InChI=1S/C16H18N4/c1-11(2)10-20-5-4-13-6-15(19-9-16(13)20)14-7-17-12(3)18-8-14/h4-9,11H,10H2,1-3H3. The second-order valence-electron chi connectivity index (χ2n) is 5.51. The molecule has 0 N–H and O–H groups in total. The normalized spacial score (nSPS) is 11.4. The lowest BCUT2D eigenvalue weighted by molar-refractivity contribution is 0.535. The molecule has 4 heteroatoms. The highest BCUT2D eigenvalue weighted by Crippen LogP contribution is 2.22. The van der Waals surface area contributed by atoms with Gasteiger partial charge in [-0.2, -0.15) is 0 Å². The minimum atomic E-state index is 0.621. The van der Waals surface area contributed by atoms with E-state index in [2.05, 4.69) is 51.7 Å². The van der Waals surface area contributed by atoms with Crippen molar-refractivity contribution in [3.05, 3.63) is 42.7 Å². The van der Waals surface area contributed by atoms with Crippen LogP contribution in [0.1, 0.15) is 19.7 Å². The van der Waals surface area contributed by atoms with E-state index in [9.17, 15) is 0 Å². The summed E-state index contributed by atoms with van der Waals surface area (Å²) in [5.41, 5.74) is 3.05. The van der Waals surface area contributed by atoms with Crippen LogP contribution in [-0.2, 0) is 6.54 Å². The molecule has 102 valence electrons. The van der Waals surface area contributed by atoms with E-state index < -0.39 is 0 Å². The van der Waals surface area contributed by atoms with Crippen molar-refractivity contribution in [3.63, 3.8) is 0 Å². The van der Waals surface area contributed by atoms with Crippen LogP contribution >= 0.6 is 0 Å². The highest BCUT2D eigenvalue weighted by Gasteiger charge is 2.06. The first-order valence-corrected chi connectivity index (χ1v) is 6.87. The van der Waals surface area contributed by atoms with Crippen molar-refractivity contribution in [1.29, 1.82) is 0 Å². The lowest BCUT2D eigenvalue weighted by Crippen LogP contribution is -2.02. The molecule has 0 aliphatic carbocycles. The minimum Gasteiger partial charge on any atom is -0.346 e. The molecule has 20 heavy (non-hydrogen) atoms. The number of nitrogens with zero attached hydrogens (tertiary/aromatic N) is 4. The highest BCUT2D eigenvalue weighted by molar-refractivity contribution is 5.83. The van der Waals surface area contributed by atoms with Gasteiger partial charge < -0.3 is 4.57 Å². The molecule has 0 fully saturated rings. The van der Waals surface area contributed by atoms with Crippen LogP contribution in [0.4, 0.5) is 0 Å². The van der Waals surface area contributed by atoms with Crippen LogP contribution in [0, 0.1) is 12.8 Å². The second kappa shape index (κ2) is 5.04. The molecule has 3 rings (SSSR count). The minimum absolute atomic E-state index is 0.621. The molecule has 3 heterocycles. The van der Waals surface area contributed by atoms with Crippen LogP contribution in [0.25, 0.3) is 22.2 Å². The van der Waals surface area contributed by atoms with E-state index >= 15 is 0 Å². The van der Waals surface area contributed by atoms with E-state index in [1.165, 1.54) is 10.9 Å². The third kappa shape index (κ3) is 2.41. The fraction of sp³-hybridized carbons (Fsp3) is 0.312. The zero-order valence-electron chi connectivity index (χ0n) is 12.0. The van der Waals surface area contributed by atoms with Gasteiger partial charge in [-0.25, -0.2) is 9.97 Å². The van der Waals surface area contributed by atoms with Crippen LogP contribution in [0.2, 0.25) is 0 Å². The summed E-state index contributed by atoms with van der Waals surface area (Å²) in [6.45, 7) is 7.33. The molecule has 0 aromatic carbocycles. The number of hydrogen-bond donors (Lipinski definition) is 0. The fourth-order valence-electron chi connectivity index (χ4n) is 2.32. The van der Waals surface area contributed by atoms with Gasteiger partial charge in [-0.15, -0.1) is 0 Å². The molecule has 0 atom stereocenters. The Balaban J connectivity index is 2.01. The Labute approximate surface area is 118 Å². The monoisotopic (exact) mass is 266 g/mol. The van der Waals surface area contributed by atoms with Crippen molar-refractivity contribution < 1.29 is 0 Å². The SMILES string of the molecule is Cc1ncc(-c2cc3ccn(CC(C)C)c3cn2)cn1. The summed E-state index contributed by atoms with van der Waals surface area (Å²) in [7, 11) is 0. The number of rotatable bonds is 3. The zero-order valence-corrected chi connectivity index (χ0v) is 12.0.